The van der Waals surface area contributed by atoms with Crippen LogP contribution in [0.5, 0.6) is 5.75 Å². The minimum Gasteiger partial charge on any atom is -0.493 e. The number of hydrazine groups is 1. The number of carbonyl (C=O) groups is 2. The number of carboxylic acid groups (broad SMARTS) is 2. The Bertz CT molecular complexity index is 969. The molecule has 0 unspecified atom stereocenters. The van der Waals surface area contributed by atoms with Crippen LogP contribution in [0.15, 0.2) is 65.7 Å². The fourth-order valence-corrected chi connectivity index (χ4v) is 2.95. The Balaban J connectivity index is 0.000000440. The van der Waals surface area contributed by atoms with Crippen molar-refractivity contribution in [3.05, 3.63) is 77.4 Å². The first-order valence-corrected chi connectivity index (χ1v) is 10.6. The van der Waals surface area contributed by atoms with E-state index >= 15 is 0 Å². The molecule has 2 aromatic rings. The molecule has 6 N–H and O–H groups in total. The first-order valence-electron chi connectivity index (χ1n) is 10.6. The van der Waals surface area contributed by atoms with Crippen molar-refractivity contribution in [1.29, 1.82) is 0 Å². The summed E-state index contributed by atoms with van der Waals surface area (Å²) < 4.78 is 5.59. The average Bonchev–Trinajstić information content (AvgIpc) is 3.26. The van der Waals surface area contributed by atoms with Crippen molar-refractivity contribution in [2.24, 2.45) is 16.8 Å². The zero-order chi connectivity index (χ0) is 24.9. The molecule has 10 heteroatoms. The molecular formula is C24H29N3O7. The van der Waals surface area contributed by atoms with Crippen molar-refractivity contribution in [3.8, 4) is 5.75 Å². The molecule has 2 aromatic carbocycles. The number of aliphatic carboxylic acids is 2. The Morgan fingerprint density at radius 2 is 1.50 bits per heavy atom. The summed E-state index contributed by atoms with van der Waals surface area (Å²) in [6, 6.07) is 16.2. The van der Waals surface area contributed by atoms with E-state index in [1.165, 1.54) is 11.1 Å². The highest BCUT2D eigenvalue weighted by Gasteiger charge is 2.14. The average molecular weight is 472 g/mol. The number of aliphatic hydroxyl groups excluding tert-OH is 2. The van der Waals surface area contributed by atoms with Crippen LogP contribution in [-0.2, 0) is 16.0 Å². The standard InChI is InChI=1S/C20H25N3O3.C4H4O4/c21-23-10-9-22-20(23)18-5-1-15(2-6-18)11-16-3-7-19(8-4-16)26-14-17(12-24)13-25;5-3(6)1-2-4(7)8/h1-8,17,24-25H,9-14,21H2;1-2H,(H,5,6)(H,7,8)/b;2-1-. The van der Waals surface area contributed by atoms with Gasteiger partial charge in [0.15, 0.2) is 0 Å². The number of hydrogen-bond acceptors (Lipinski definition) is 8. The molecule has 34 heavy (non-hydrogen) atoms. The molecule has 0 atom stereocenters. The van der Waals surface area contributed by atoms with Crippen LogP contribution in [0.1, 0.15) is 16.7 Å². The van der Waals surface area contributed by atoms with Crippen LogP contribution in [0.25, 0.3) is 0 Å². The van der Waals surface area contributed by atoms with Gasteiger partial charge in [0.25, 0.3) is 0 Å². The predicted octanol–water partition coefficient (Wildman–Crippen LogP) is 0.905. The van der Waals surface area contributed by atoms with Crippen LogP contribution in [0.2, 0.25) is 0 Å². The van der Waals surface area contributed by atoms with Crippen molar-refractivity contribution in [2.45, 2.75) is 6.42 Å². The van der Waals surface area contributed by atoms with E-state index in [0.29, 0.717) is 18.8 Å². The van der Waals surface area contributed by atoms with Crippen molar-refractivity contribution in [3.63, 3.8) is 0 Å². The van der Waals surface area contributed by atoms with Gasteiger partial charge in [-0.3, -0.25) is 10.0 Å². The molecule has 1 heterocycles. The van der Waals surface area contributed by atoms with E-state index < -0.39 is 11.9 Å². The number of hydrogen-bond donors (Lipinski definition) is 5. The Hall–Kier alpha value is -3.73. The number of amidine groups is 1. The number of carboxylic acids is 2. The van der Waals surface area contributed by atoms with Gasteiger partial charge >= 0.3 is 11.9 Å². The van der Waals surface area contributed by atoms with E-state index in [0.717, 1.165) is 36.7 Å². The molecule has 0 spiro atoms. The van der Waals surface area contributed by atoms with Crippen LogP contribution in [0, 0.1) is 5.92 Å². The molecule has 0 fully saturated rings. The van der Waals surface area contributed by atoms with E-state index in [-0.39, 0.29) is 19.1 Å². The fraction of sp³-hybridized carbons (Fsp3) is 0.292. The van der Waals surface area contributed by atoms with E-state index in [9.17, 15) is 9.59 Å². The zero-order valence-electron chi connectivity index (χ0n) is 18.6. The van der Waals surface area contributed by atoms with Crippen molar-refractivity contribution in [2.75, 3.05) is 32.9 Å². The molecule has 0 radical (unpaired) electrons. The van der Waals surface area contributed by atoms with E-state index in [4.69, 9.17) is 31.0 Å². The highest BCUT2D eigenvalue weighted by Crippen LogP contribution is 2.17. The lowest BCUT2D eigenvalue weighted by Gasteiger charge is -2.14. The summed E-state index contributed by atoms with van der Waals surface area (Å²) in [4.78, 5) is 23.5. The molecular weight excluding hydrogens is 442 g/mol. The lowest BCUT2D eigenvalue weighted by atomic mass is 10.0. The molecule has 0 amide bonds. The molecule has 0 aliphatic carbocycles. The third-order valence-electron chi connectivity index (χ3n) is 4.79. The summed E-state index contributed by atoms with van der Waals surface area (Å²) >= 11 is 0. The third-order valence-corrected chi connectivity index (χ3v) is 4.79. The number of benzene rings is 2. The van der Waals surface area contributed by atoms with Gasteiger partial charge < -0.3 is 25.2 Å². The van der Waals surface area contributed by atoms with Crippen molar-refractivity contribution >= 4 is 17.8 Å². The number of nitrogens with zero attached hydrogens (tertiary/aromatic N) is 2. The molecule has 0 saturated carbocycles. The summed E-state index contributed by atoms with van der Waals surface area (Å²) in [7, 11) is 0. The summed E-state index contributed by atoms with van der Waals surface area (Å²) in [5, 5.41) is 35.4. The Kier molecular flexibility index (Phi) is 10.7. The van der Waals surface area contributed by atoms with Crippen LogP contribution < -0.4 is 10.6 Å². The van der Waals surface area contributed by atoms with Crippen molar-refractivity contribution in [1.82, 2.24) is 5.01 Å². The van der Waals surface area contributed by atoms with Crippen LogP contribution in [0.3, 0.4) is 0 Å². The van der Waals surface area contributed by atoms with Gasteiger partial charge in [-0.25, -0.2) is 15.4 Å². The highest BCUT2D eigenvalue weighted by atomic mass is 16.5. The monoisotopic (exact) mass is 471 g/mol. The first kappa shape index (κ1) is 26.5. The number of ether oxygens (including phenoxy) is 1. The lowest BCUT2D eigenvalue weighted by Crippen LogP contribution is -2.34. The normalized spacial score (nSPS) is 12.9. The highest BCUT2D eigenvalue weighted by molar-refractivity contribution is 5.99. The van der Waals surface area contributed by atoms with Crippen LogP contribution in [0.4, 0.5) is 0 Å². The maximum atomic E-state index is 9.55. The van der Waals surface area contributed by atoms with Gasteiger partial charge in [0, 0.05) is 23.6 Å². The van der Waals surface area contributed by atoms with E-state index in [2.05, 4.69) is 29.3 Å². The van der Waals surface area contributed by atoms with Crippen LogP contribution in [-0.4, -0.2) is 76.1 Å². The van der Waals surface area contributed by atoms with E-state index in [1.807, 2.05) is 24.3 Å². The van der Waals surface area contributed by atoms with Crippen molar-refractivity contribution < 1.29 is 34.8 Å². The molecule has 0 saturated heterocycles. The van der Waals surface area contributed by atoms with Gasteiger partial charge in [-0.15, -0.1) is 0 Å². The molecule has 1 aliphatic heterocycles. The van der Waals surface area contributed by atoms with Gasteiger partial charge in [-0.05, 0) is 29.7 Å². The maximum Gasteiger partial charge on any atom is 0.328 e. The minimum atomic E-state index is -1.26. The quantitative estimate of drug-likeness (QED) is 0.250. The molecule has 182 valence electrons. The maximum absolute atomic E-state index is 9.55. The summed E-state index contributed by atoms with van der Waals surface area (Å²) in [6.45, 7) is 1.65. The van der Waals surface area contributed by atoms with Gasteiger partial charge in [-0.2, -0.15) is 0 Å². The van der Waals surface area contributed by atoms with E-state index in [1.54, 1.807) is 5.01 Å². The third kappa shape index (κ3) is 9.02. The summed E-state index contributed by atoms with van der Waals surface area (Å²) in [6.07, 6.45) is 1.94. The number of aliphatic hydroxyl groups is 2. The Labute approximate surface area is 197 Å². The number of aliphatic imine (C=N–C) groups is 1. The molecule has 0 aromatic heterocycles. The smallest absolute Gasteiger partial charge is 0.328 e. The molecule has 3 rings (SSSR count). The van der Waals surface area contributed by atoms with Gasteiger partial charge in [0.05, 0.1) is 32.9 Å². The summed E-state index contributed by atoms with van der Waals surface area (Å²) in [5.41, 5.74) is 3.44. The first-order chi connectivity index (χ1) is 16.3. The lowest BCUT2D eigenvalue weighted by molar-refractivity contribution is -0.134. The van der Waals surface area contributed by atoms with Gasteiger partial charge in [0.1, 0.15) is 11.6 Å². The second kappa shape index (κ2) is 13.7. The Morgan fingerprint density at radius 1 is 0.971 bits per heavy atom. The number of rotatable bonds is 10. The second-order valence-electron chi connectivity index (χ2n) is 7.47. The van der Waals surface area contributed by atoms with Gasteiger partial charge in [-0.1, -0.05) is 36.4 Å². The Morgan fingerprint density at radius 3 is 1.94 bits per heavy atom. The minimum absolute atomic E-state index is 0.0844. The SMILES string of the molecule is NN1CCN=C1c1ccc(Cc2ccc(OCC(CO)CO)cc2)cc1.O=C(O)/C=C\C(=O)O. The van der Waals surface area contributed by atoms with Gasteiger partial charge in [0.2, 0.25) is 0 Å². The topological polar surface area (TPSA) is 166 Å². The zero-order valence-corrected chi connectivity index (χ0v) is 18.6. The summed E-state index contributed by atoms with van der Waals surface area (Å²) in [5.74, 6) is 4.73. The number of nitrogens with two attached hydrogens (primary N) is 1. The molecule has 10 nitrogen and oxygen atoms in total. The molecule has 1 aliphatic rings. The fourth-order valence-electron chi connectivity index (χ4n) is 2.95. The van der Waals surface area contributed by atoms with Crippen LogP contribution >= 0.6 is 0 Å². The largest absolute Gasteiger partial charge is 0.493 e. The molecule has 0 bridgehead atoms. The predicted molar refractivity (Wildman–Crippen MR) is 126 cm³/mol. The second-order valence-corrected chi connectivity index (χ2v) is 7.47.